The summed E-state index contributed by atoms with van der Waals surface area (Å²) >= 11 is 12.5. The average Bonchev–Trinajstić information content (AvgIpc) is 2.60. The fourth-order valence-corrected chi connectivity index (χ4v) is 5.20. The summed E-state index contributed by atoms with van der Waals surface area (Å²) in [4.78, 5) is 15.5. The van der Waals surface area contributed by atoms with E-state index in [9.17, 15) is 4.79 Å². The van der Waals surface area contributed by atoms with E-state index in [1.807, 2.05) is 19.1 Å². The van der Waals surface area contributed by atoms with Gasteiger partial charge in [0.1, 0.15) is 0 Å². The first-order valence-electron chi connectivity index (χ1n) is 9.70. The van der Waals surface area contributed by atoms with Crippen LogP contribution in [-0.4, -0.2) is 29.8 Å². The van der Waals surface area contributed by atoms with E-state index in [0.29, 0.717) is 28.3 Å². The first-order chi connectivity index (χ1) is 12.0. The molecular formula is C21H29Cl2NO. The van der Waals surface area contributed by atoms with Gasteiger partial charge in [-0.05, 0) is 50.4 Å². The number of halogens is 2. The van der Waals surface area contributed by atoms with Gasteiger partial charge in [-0.2, -0.15) is 0 Å². The fraction of sp³-hybridized carbons (Fsp3) is 0.667. The van der Waals surface area contributed by atoms with Crippen molar-refractivity contribution in [2.24, 2.45) is 0 Å². The minimum atomic E-state index is -0.104. The Morgan fingerprint density at radius 2 is 1.84 bits per heavy atom. The van der Waals surface area contributed by atoms with Crippen LogP contribution in [0.2, 0.25) is 10.0 Å². The maximum absolute atomic E-state index is 13.1. The van der Waals surface area contributed by atoms with E-state index < -0.39 is 0 Å². The molecule has 0 radical (unpaired) electrons. The van der Waals surface area contributed by atoms with Crippen LogP contribution in [0.15, 0.2) is 18.2 Å². The molecule has 2 saturated carbocycles. The quantitative estimate of drug-likeness (QED) is 0.599. The summed E-state index contributed by atoms with van der Waals surface area (Å²) in [7, 11) is 2.17. The molecule has 2 aliphatic carbocycles. The van der Waals surface area contributed by atoms with Crippen molar-refractivity contribution in [3.8, 4) is 0 Å². The van der Waals surface area contributed by atoms with Gasteiger partial charge in [-0.25, -0.2) is 0 Å². The lowest BCUT2D eigenvalue weighted by molar-refractivity contribution is -0.129. The zero-order valence-corrected chi connectivity index (χ0v) is 16.9. The molecule has 25 heavy (non-hydrogen) atoms. The molecule has 1 unspecified atom stereocenters. The molecule has 0 bridgehead atoms. The summed E-state index contributed by atoms with van der Waals surface area (Å²) in [5.74, 6) is 0.360. The number of hydrogen-bond acceptors (Lipinski definition) is 2. The zero-order chi connectivity index (χ0) is 18.0. The molecule has 0 saturated heterocycles. The van der Waals surface area contributed by atoms with E-state index in [2.05, 4.69) is 18.0 Å². The topological polar surface area (TPSA) is 20.3 Å². The molecule has 0 N–H and O–H groups in total. The number of carbonyl (C=O) groups is 1. The molecule has 1 aromatic rings. The summed E-state index contributed by atoms with van der Waals surface area (Å²) in [6.45, 7) is 1.99. The average molecular weight is 382 g/mol. The van der Waals surface area contributed by atoms with E-state index in [4.69, 9.17) is 23.2 Å². The molecule has 1 atom stereocenters. The Labute approximate surface area is 161 Å². The van der Waals surface area contributed by atoms with Gasteiger partial charge in [0, 0.05) is 17.9 Å². The molecule has 2 fully saturated rings. The van der Waals surface area contributed by atoms with Crippen LogP contribution in [-0.2, 0) is 10.2 Å². The molecule has 1 aromatic carbocycles. The molecule has 0 heterocycles. The summed E-state index contributed by atoms with van der Waals surface area (Å²) in [6.07, 6.45) is 10.2. The summed E-state index contributed by atoms with van der Waals surface area (Å²) in [5, 5.41) is 1.17. The molecule has 138 valence electrons. The number of rotatable bonds is 6. The third kappa shape index (κ3) is 3.63. The van der Waals surface area contributed by atoms with Crippen molar-refractivity contribution in [3.63, 3.8) is 0 Å². The van der Waals surface area contributed by atoms with Crippen molar-refractivity contribution in [2.75, 3.05) is 7.05 Å². The van der Waals surface area contributed by atoms with E-state index >= 15 is 0 Å². The standard InChI is InChI=1S/C21H29Cl2NO/c1-3-19(25)20(24(2)16-8-5-4-6-9-16)21(12-7-13-21)15-10-11-17(22)18(23)14-15/h10-11,14,16,20H,3-9,12-13H2,1-2H3. The van der Waals surface area contributed by atoms with E-state index in [1.165, 1.54) is 44.1 Å². The van der Waals surface area contributed by atoms with Crippen molar-refractivity contribution < 1.29 is 4.79 Å². The molecule has 4 heteroatoms. The molecule has 2 aliphatic rings. The number of hydrogen-bond donors (Lipinski definition) is 0. The second-order valence-electron chi connectivity index (χ2n) is 7.82. The van der Waals surface area contributed by atoms with Crippen LogP contribution in [0.25, 0.3) is 0 Å². The lowest BCUT2D eigenvalue weighted by Crippen LogP contribution is -2.59. The Balaban J connectivity index is 1.97. The Morgan fingerprint density at radius 3 is 2.36 bits per heavy atom. The van der Waals surface area contributed by atoms with Crippen LogP contribution < -0.4 is 0 Å². The predicted octanol–water partition coefficient (Wildman–Crippen LogP) is 6.03. The van der Waals surface area contributed by atoms with Gasteiger partial charge in [0.2, 0.25) is 0 Å². The number of carbonyl (C=O) groups excluding carboxylic acids is 1. The molecule has 0 spiro atoms. The molecule has 0 aromatic heterocycles. The Hall–Kier alpha value is -0.570. The van der Waals surface area contributed by atoms with Crippen LogP contribution in [0.1, 0.15) is 70.3 Å². The Kier molecular flexibility index (Phi) is 6.13. The van der Waals surface area contributed by atoms with Crippen LogP contribution in [0.5, 0.6) is 0 Å². The van der Waals surface area contributed by atoms with Crippen molar-refractivity contribution in [1.29, 1.82) is 0 Å². The number of Topliss-reactive ketones (excluding diaryl/α,β-unsaturated/α-hetero) is 1. The summed E-state index contributed by atoms with van der Waals surface area (Å²) in [6, 6.07) is 6.43. The van der Waals surface area contributed by atoms with Crippen molar-refractivity contribution >= 4 is 29.0 Å². The SMILES string of the molecule is CCC(=O)C(N(C)C1CCCCC1)C1(c2ccc(Cl)c(Cl)c2)CCC1. The van der Waals surface area contributed by atoms with Gasteiger partial charge >= 0.3 is 0 Å². The van der Waals surface area contributed by atoms with Crippen LogP contribution >= 0.6 is 23.2 Å². The Bertz CT molecular complexity index is 620. The molecule has 0 aliphatic heterocycles. The van der Waals surface area contributed by atoms with E-state index in [0.717, 1.165) is 12.8 Å². The number of nitrogens with zero attached hydrogens (tertiary/aromatic N) is 1. The zero-order valence-electron chi connectivity index (χ0n) is 15.4. The molecule has 0 amide bonds. The lowest BCUT2D eigenvalue weighted by atomic mass is 9.58. The number of likely N-dealkylation sites (N-methyl/N-ethyl adjacent to an activating group) is 1. The maximum atomic E-state index is 13.1. The van der Waals surface area contributed by atoms with Gasteiger partial charge in [0.25, 0.3) is 0 Å². The third-order valence-electron chi connectivity index (χ3n) is 6.48. The smallest absolute Gasteiger partial charge is 0.150 e. The van der Waals surface area contributed by atoms with Gasteiger partial charge in [-0.3, -0.25) is 9.69 Å². The molecule has 3 rings (SSSR count). The highest BCUT2D eigenvalue weighted by Crippen LogP contribution is 2.50. The van der Waals surface area contributed by atoms with E-state index in [-0.39, 0.29) is 11.5 Å². The highest BCUT2D eigenvalue weighted by molar-refractivity contribution is 6.42. The minimum Gasteiger partial charge on any atom is -0.298 e. The van der Waals surface area contributed by atoms with Gasteiger partial charge in [-0.1, -0.05) is 61.9 Å². The first-order valence-corrected chi connectivity index (χ1v) is 10.5. The normalized spacial score (nSPS) is 21.8. The van der Waals surface area contributed by atoms with Gasteiger partial charge in [0.15, 0.2) is 5.78 Å². The second-order valence-corrected chi connectivity index (χ2v) is 8.63. The first kappa shape index (κ1) is 19.2. The largest absolute Gasteiger partial charge is 0.298 e. The van der Waals surface area contributed by atoms with Gasteiger partial charge in [0.05, 0.1) is 16.1 Å². The third-order valence-corrected chi connectivity index (χ3v) is 7.21. The van der Waals surface area contributed by atoms with Gasteiger partial charge < -0.3 is 0 Å². The highest BCUT2D eigenvalue weighted by Gasteiger charge is 2.50. The van der Waals surface area contributed by atoms with Crippen molar-refractivity contribution in [3.05, 3.63) is 33.8 Å². The highest BCUT2D eigenvalue weighted by atomic mass is 35.5. The second kappa shape index (κ2) is 7.98. The molecule has 2 nitrogen and oxygen atoms in total. The minimum absolute atomic E-state index is 0.0495. The Morgan fingerprint density at radius 1 is 1.16 bits per heavy atom. The summed E-state index contributed by atoms with van der Waals surface area (Å²) in [5.41, 5.74) is 1.08. The van der Waals surface area contributed by atoms with E-state index in [1.54, 1.807) is 0 Å². The van der Waals surface area contributed by atoms with Crippen LogP contribution in [0, 0.1) is 0 Å². The number of benzene rings is 1. The molecular weight excluding hydrogens is 353 g/mol. The predicted molar refractivity (Wildman–Crippen MR) is 106 cm³/mol. The summed E-state index contributed by atoms with van der Waals surface area (Å²) < 4.78 is 0. The van der Waals surface area contributed by atoms with Crippen molar-refractivity contribution in [2.45, 2.75) is 82.2 Å². The monoisotopic (exact) mass is 381 g/mol. The number of ketones is 1. The van der Waals surface area contributed by atoms with Crippen LogP contribution in [0.3, 0.4) is 0 Å². The van der Waals surface area contributed by atoms with Crippen LogP contribution in [0.4, 0.5) is 0 Å². The van der Waals surface area contributed by atoms with Gasteiger partial charge in [-0.15, -0.1) is 0 Å². The maximum Gasteiger partial charge on any atom is 0.150 e. The fourth-order valence-electron chi connectivity index (χ4n) is 4.90. The lowest BCUT2D eigenvalue weighted by Gasteiger charge is -2.52. The van der Waals surface area contributed by atoms with Crippen molar-refractivity contribution in [1.82, 2.24) is 4.90 Å².